The van der Waals surface area contributed by atoms with Crippen LogP contribution in [0.15, 0.2) is 36.4 Å². The standard InChI is InChI=1S/C20H23NO5/c1-12-6-8-16(13(2)10-12)21-19(22)14(3)26-20(23)15-7-9-17(24-4)18(11-15)25-5/h6-11,14H,1-5H3,(H,21,22)/t14-/m0/s1. The van der Waals surface area contributed by atoms with Gasteiger partial charge in [0.25, 0.3) is 5.91 Å². The van der Waals surface area contributed by atoms with Gasteiger partial charge >= 0.3 is 5.97 Å². The summed E-state index contributed by atoms with van der Waals surface area (Å²) in [4.78, 5) is 24.6. The molecule has 6 nitrogen and oxygen atoms in total. The molecule has 0 fully saturated rings. The highest BCUT2D eigenvalue weighted by Gasteiger charge is 2.20. The lowest BCUT2D eigenvalue weighted by Gasteiger charge is -2.15. The predicted octanol–water partition coefficient (Wildman–Crippen LogP) is 3.50. The summed E-state index contributed by atoms with van der Waals surface area (Å²) >= 11 is 0. The third kappa shape index (κ3) is 4.53. The normalized spacial score (nSPS) is 11.4. The number of carbonyl (C=O) groups excluding carboxylic acids is 2. The first-order chi connectivity index (χ1) is 12.3. The number of carbonyl (C=O) groups is 2. The third-order valence-electron chi connectivity index (χ3n) is 3.91. The van der Waals surface area contributed by atoms with E-state index in [9.17, 15) is 9.59 Å². The molecule has 0 bridgehead atoms. The maximum Gasteiger partial charge on any atom is 0.339 e. The molecule has 138 valence electrons. The summed E-state index contributed by atoms with van der Waals surface area (Å²) in [7, 11) is 2.99. The van der Waals surface area contributed by atoms with Crippen LogP contribution in [0.4, 0.5) is 5.69 Å². The summed E-state index contributed by atoms with van der Waals surface area (Å²) < 4.78 is 15.6. The summed E-state index contributed by atoms with van der Waals surface area (Å²) in [6.07, 6.45) is -0.948. The quantitative estimate of drug-likeness (QED) is 0.801. The van der Waals surface area contributed by atoms with Crippen molar-refractivity contribution in [3.05, 3.63) is 53.1 Å². The van der Waals surface area contributed by atoms with Crippen LogP contribution in [0.3, 0.4) is 0 Å². The summed E-state index contributed by atoms with van der Waals surface area (Å²) in [5.41, 5.74) is 3.01. The van der Waals surface area contributed by atoms with Gasteiger partial charge in [0, 0.05) is 5.69 Å². The van der Waals surface area contributed by atoms with E-state index in [4.69, 9.17) is 14.2 Å². The number of hydrogen-bond acceptors (Lipinski definition) is 5. The zero-order chi connectivity index (χ0) is 19.3. The van der Waals surface area contributed by atoms with Crippen molar-refractivity contribution < 1.29 is 23.8 Å². The molecule has 1 N–H and O–H groups in total. The molecule has 0 aliphatic heterocycles. The van der Waals surface area contributed by atoms with Gasteiger partial charge in [-0.25, -0.2) is 4.79 Å². The van der Waals surface area contributed by atoms with Gasteiger partial charge in [0.15, 0.2) is 17.6 Å². The first kappa shape index (κ1) is 19.3. The van der Waals surface area contributed by atoms with Crippen molar-refractivity contribution in [2.24, 2.45) is 0 Å². The number of methoxy groups -OCH3 is 2. The number of amides is 1. The van der Waals surface area contributed by atoms with E-state index in [1.54, 1.807) is 12.1 Å². The van der Waals surface area contributed by atoms with E-state index in [2.05, 4.69) is 5.32 Å². The molecule has 1 amide bonds. The van der Waals surface area contributed by atoms with Crippen LogP contribution in [0, 0.1) is 13.8 Å². The smallest absolute Gasteiger partial charge is 0.339 e. The summed E-state index contributed by atoms with van der Waals surface area (Å²) in [5.74, 6) is -0.0981. The molecule has 0 saturated heterocycles. The average molecular weight is 357 g/mol. The molecular formula is C20H23NO5. The Bertz CT molecular complexity index is 816. The summed E-state index contributed by atoms with van der Waals surface area (Å²) in [6, 6.07) is 10.4. The predicted molar refractivity (Wildman–Crippen MR) is 99.0 cm³/mol. The molecule has 26 heavy (non-hydrogen) atoms. The van der Waals surface area contributed by atoms with Crippen molar-refractivity contribution in [3.63, 3.8) is 0 Å². The van der Waals surface area contributed by atoms with Crippen LogP contribution in [0.1, 0.15) is 28.4 Å². The van der Waals surface area contributed by atoms with Crippen molar-refractivity contribution >= 4 is 17.6 Å². The van der Waals surface area contributed by atoms with Crippen LogP contribution >= 0.6 is 0 Å². The maximum atomic E-state index is 12.3. The van der Waals surface area contributed by atoms with Gasteiger partial charge in [-0.1, -0.05) is 17.7 Å². The zero-order valence-electron chi connectivity index (χ0n) is 15.6. The van der Waals surface area contributed by atoms with E-state index in [0.717, 1.165) is 11.1 Å². The molecule has 0 aliphatic carbocycles. The zero-order valence-corrected chi connectivity index (χ0v) is 15.6. The molecule has 2 aromatic rings. The Balaban J connectivity index is 2.05. The summed E-state index contributed by atoms with van der Waals surface area (Å²) in [6.45, 7) is 5.41. The van der Waals surface area contributed by atoms with E-state index in [0.29, 0.717) is 17.2 Å². The lowest BCUT2D eigenvalue weighted by molar-refractivity contribution is -0.123. The van der Waals surface area contributed by atoms with Crippen molar-refractivity contribution in [1.29, 1.82) is 0 Å². The van der Waals surface area contributed by atoms with Crippen LogP contribution in [0.5, 0.6) is 11.5 Å². The minimum absolute atomic E-state index is 0.272. The highest BCUT2D eigenvalue weighted by Crippen LogP contribution is 2.28. The van der Waals surface area contributed by atoms with Gasteiger partial charge in [0.05, 0.1) is 19.8 Å². The first-order valence-electron chi connectivity index (χ1n) is 8.16. The van der Waals surface area contributed by atoms with Gasteiger partial charge in [-0.2, -0.15) is 0 Å². The number of aryl methyl sites for hydroxylation is 2. The molecule has 2 rings (SSSR count). The van der Waals surface area contributed by atoms with Gasteiger partial charge < -0.3 is 19.5 Å². The minimum atomic E-state index is -0.948. The van der Waals surface area contributed by atoms with Crippen LogP contribution in [-0.4, -0.2) is 32.2 Å². The van der Waals surface area contributed by atoms with Crippen molar-refractivity contribution in [2.45, 2.75) is 26.9 Å². The summed E-state index contributed by atoms with van der Waals surface area (Å²) in [5, 5.41) is 2.77. The molecule has 0 radical (unpaired) electrons. The molecule has 2 aromatic carbocycles. The number of ether oxygens (including phenoxy) is 3. The fraction of sp³-hybridized carbons (Fsp3) is 0.300. The number of esters is 1. The van der Waals surface area contributed by atoms with Gasteiger partial charge in [0.2, 0.25) is 0 Å². The molecule has 6 heteroatoms. The van der Waals surface area contributed by atoms with Crippen molar-refractivity contribution in [2.75, 3.05) is 19.5 Å². The molecule has 0 aromatic heterocycles. The SMILES string of the molecule is COc1ccc(C(=O)O[C@@H](C)C(=O)Nc2ccc(C)cc2C)cc1OC. The largest absolute Gasteiger partial charge is 0.493 e. The van der Waals surface area contributed by atoms with Gasteiger partial charge in [-0.05, 0) is 50.6 Å². The highest BCUT2D eigenvalue weighted by atomic mass is 16.5. The second kappa shape index (κ2) is 8.38. The molecule has 0 heterocycles. The van der Waals surface area contributed by atoms with E-state index >= 15 is 0 Å². The Morgan fingerprint density at radius 1 is 0.962 bits per heavy atom. The second-order valence-electron chi connectivity index (χ2n) is 5.92. The highest BCUT2D eigenvalue weighted by molar-refractivity contribution is 5.98. The third-order valence-corrected chi connectivity index (χ3v) is 3.91. The van der Waals surface area contributed by atoms with E-state index in [-0.39, 0.29) is 5.56 Å². The lowest BCUT2D eigenvalue weighted by Crippen LogP contribution is -2.30. The number of hydrogen-bond donors (Lipinski definition) is 1. The number of anilines is 1. The van der Waals surface area contributed by atoms with Crippen LogP contribution in [0.25, 0.3) is 0 Å². The fourth-order valence-electron chi connectivity index (χ4n) is 2.43. The van der Waals surface area contributed by atoms with E-state index in [1.807, 2.05) is 32.0 Å². The monoisotopic (exact) mass is 357 g/mol. The first-order valence-corrected chi connectivity index (χ1v) is 8.16. The average Bonchev–Trinajstić information content (AvgIpc) is 2.63. The Morgan fingerprint density at radius 2 is 1.65 bits per heavy atom. The van der Waals surface area contributed by atoms with Crippen LogP contribution in [-0.2, 0) is 9.53 Å². The Kier molecular flexibility index (Phi) is 6.22. The van der Waals surface area contributed by atoms with E-state index < -0.39 is 18.0 Å². The molecule has 0 saturated carbocycles. The fourth-order valence-corrected chi connectivity index (χ4v) is 2.43. The lowest BCUT2D eigenvalue weighted by atomic mass is 10.1. The van der Waals surface area contributed by atoms with Gasteiger partial charge in [0.1, 0.15) is 0 Å². The molecule has 1 atom stereocenters. The maximum absolute atomic E-state index is 12.3. The molecule has 0 spiro atoms. The Hall–Kier alpha value is -3.02. The van der Waals surface area contributed by atoms with E-state index in [1.165, 1.54) is 27.2 Å². The number of rotatable bonds is 6. The molecule has 0 aliphatic rings. The van der Waals surface area contributed by atoms with Crippen molar-refractivity contribution in [1.82, 2.24) is 0 Å². The second-order valence-corrected chi connectivity index (χ2v) is 5.92. The van der Waals surface area contributed by atoms with Gasteiger partial charge in [-0.3, -0.25) is 4.79 Å². The number of nitrogens with one attached hydrogen (secondary N) is 1. The van der Waals surface area contributed by atoms with Gasteiger partial charge in [-0.15, -0.1) is 0 Å². The van der Waals surface area contributed by atoms with Crippen LogP contribution < -0.4 is 14.8 Å². The molecular weight excluding hydrogens is 334 g/mol. The minimum Gasteiger partial charge on any atom is -0.493 e. The molecule has 0 unspecified atom stereocenters. The number of benzene rings is 2. The topological polar surface area (TPSA) is 73.9 Å². The van der Waals surface area contributed by atoms with Crippen molar-refractivity contribution in [3.8, 4) is 11.5 Å². The Labute approximate surface area is 153 Å². The Morgan fingerprint density at radius 3 is 2.27 bits per heavy atom. The van der Waals surface area contributed by atoms with Crippen LogP contribution in [0.2, 0.25) is 0 Å².